The summed E-state index contributed by atoms with van der Waals surface area (Å²) in [5.74, 6) is 3.90. The van der Waals surface area contributed by atoms with Gasteiger partial charge in [0, 0.05) is 0 Å². The third kappa shape index (κ3) is 4.57. The molecule has 2 atom stereocenters. The maximum absolute atomic E-state index is 3.71. The maximum atomic E-state index is 3.71. The van der Waals surface area contributed by atoms with Crippen LogP contribution in [0.25, 0.3) is 0 Å². The Bertz CT molecular complexity index is 218. The average Bonchev–Trinajstić information content (AvgIpc) is 2.84. The molecule has 0 aromatic rings. The van der Waals surface area contributed by atoms with Crippen LogP contribution in [0.4, 0.5) is 0 Å². The van der Waals surface area contributed by atoms with Gasteiger partial charge in [-0.25, -0.2) is 0 Å². The molecule has 2 aliphatic rings. The van der Waals surface area contributed by atoms with E-state index in [9.17, 15) is 0 Å². The second-order valence-electron chi connectivity index (χ2n) is 7.24. The van der Waals surface area contributed by atoms with Gasteiger partial charge < -0.3 is 5.32 Å². The van der Waals surface area contributed by atoms with Crippen LogP contribution in [0.5, 0.6) is 0 Å². The molecule has 0 aromatic heterocycles. The molecule has 18 heavy (non-hydrogen) atoms. The Morgan fingerprint density at radius 2 is 1.50 bits per heavy atom. The van der Waals surface area contributed by atoms with Gasteiger partial charge in [0.15, 0.2) is 0 Å². The summed E-state index contributed by atoms with van der Waals surface area (Å²) in [6.07, 6.45) is 13.6. The fourth-order valence-corrected chi connectivity index (χ4v) is 4.10. The van der Waals surface area contributed by atoms with Crippen molar-refractivity contribution in [3.05, 3.63) is 0 Å². The maximum Gasteiger partial charge on any atom is -0.00178 e. The number of hydrogen-bond donors (Lipinski definition) is 1. The lowest BCUT2D eigenvalue weighted by Gasteiger charge is -2.33. The fraction of sp³-hybridized carbons (Fsp3) is 1.00. The normalized spacial score (nSPS) is 30.2. The Kier molecular flexibility index (Phi) is 6.01. The fourth-order valence-electron chi connectivity index (χ4n) is 4.10. The summed E-state index contributed by atoms with van der Waals surface area (Å²) in [5, 5.41) is 3.71. The van der Waals surface area contributed by atoms with E-state index in [1.54, 1.807) is 6.42 Å². The van der Waals surface area contributed by atoms with E-state index in [0.717, 1.165) is 23.7 Å². The van der Waals surface area contributed by atoms with Gasteiger partial charge in [-0.05, 0) is 49.6 Å². The van der Waals surface area contributed by atoms with E-state index in [1.165, 1.54) is 64.5 Å². The zero-order chi connectivity index (χ0) is 12.8. The lowest BCUT2D eigenvalue weighted by Crippen LogP contribution is -2.33. The average molecular weight is 251 g/mol. The van der Waals surface area contributed by atoms with Crippen molar-refractivity contribution < 1.29 is 0 Å². The monoisotopic (exact) mass is 251 g/mol. The van der Waals surface area contributed by atoms with Crippen LogP contribution in [0.3, 0.4) is 0 Å². The van der Waals surface area contributed by atoms with Gasteiger partial charge in [-0.15, -0.1) is 0 Å². The van der Waals surface area contributed by atoms with E-state index in [1.807, 2.05) is 0 Å². The molecule has 0 heterocycles. The molecule has 106 valence electrons. The Morgan fingerprint density at radius 3 is 2.17 bits per heavy atom. The molecule has 2 aliphatic carbocycles. The third-order valence-corrected chi connectivity index (χ3v) is 5.14. The van der Waals surface area contributed by atoms with Crippen LogP contribution in [0, 0.1) is 23.7 Å². The van der Waals surface area contributed by atoms with Gasteiger partial charge in [0.25, 0.3) is 0 Å². The molecular weight excluding hydrogens is 218 g/mol. The van der Waals surface area contributed by atoms with Crippen molar-refractivity contribution in [2.45, 2.75) is 71.6 Å². The summed E-state index contributed by atoms with van der Waals surface area (Å²) in [6, 6.07) is 0. The molecular formula is C17H33N. The minimum absolute atomic E-state index is 0.793. The highest BCUT2D eigenvalue weighted by Crippen LogP contribution is 2.38. The zero-order valence-electron chi connectivity index (χ0n) is 12.6. The van der Waals surface area contributed by atoms with E-state index in [0.29, 0.717) is 0 Å². The van der Waals surface area contributed by atoms with Crippen LogP contribution >= 0.6 is 0 Å². The first-order chi connectivity index (χ1) is 8.75. The van der Waals surface area contributed by atoms with Crippen LogP contribution in [0.15, 0.2) is 0 Å². The first kappa shape index (κ1) is 14.4. The van der Waals surface area contributed by atoms with Gasteiger partial charge in [-0.2, -0.15) is 0 Å². The van der Waals surface area contributed by atoms with Crippen molar-refractivity contribution in [2.24, 2.45) is 23.7 Å². The summed E-state index contributed by atoms with van der Waals surface area (Å²) in [6.45, 7) is 7.11. The van der Waals surface area contributed by atoms with Crippen LogP contribution in [0.1, 0.15) is 71.6 Å². The summed E-state index contributed by atoms with van der Waals surface area (Å²) >= 11 is 0. The largest absolute Gasteiger partial charge is 0.316 e. The molecule has 2 unspecified atom stereocenters. The molecule has 2 rings (SSSR count). The number of hydrogen-bond acceptors (Lipinski definition) is 1. The molecule has 1 N–H and O–H groups in total. The SMILES string of the molecule is CC(C)CNCC1CCCCC1CC1CCCC1. The standard InChI is InChI=1S/C17H33N/c1-14(2)12-18-13-17-10-6-5-9-16(17)11-15-7-3-4-8-15/h14-18H,3-13H2,1-2H3. The highest BCUT2D eigenvalue weighted by molar-refractivity contribution is 4.81. The van der Waals surface area contributed by atoms with Crippen LogP contribution in [0.2, 0.25) is 0 Å². The zero-order valence-corrected chi connectivity index (χ0v) is 12.6. The van der Waals surface area contributed by atoms with E-state index >= 15 is 0 Å². The highest BCUT2D eigenvalue weighted by Gasteiger charge is 2.28. The summed E-state index contributed by atoms with van der Waals surface area (Å²) in [4.78, 5) is 0. The topological polar surface area (TPSA) is 12.0 Å². The van der Waals surface area contributed by atoms with E-state index in [2.05, 4.69) is 19.2 Å². The first-order valence-electron chi connectivity index (χ1n) is 8.46. The quantitative estimate of drug-likeness (QED) is 0.726. The molecule has 0 amide bonds. The number of rotatable bonds is 6. The molecule has 0 spiro atoms. The Labute approximate surface area is 114 Å². The second kappa shape index (κ2) is 7.53. The minimum atomic E-state index is 0.793. The highest BCUT2D eigenvalue weighted by atomic mass is 14.9. The molecule has 0 aliphatic heterocycles. The summed E-state index contributed by atoms with van der Waals surface area (Å²) in [7, 11) is 0. The molecule has 1 heteroatoms. The van der Waals surface area contributed by atoms with Gasteiger partial charge in [0.1, 0.15) is 0 Å². The smallest absolute Gasteiger partial charge is 0.00178 e. The molecule has 0 saturated heterocycles. The molecule has 1 nitrogen and oxygen atoms in total. The van der Waals surface area contributed by atoms with E-state index < -0.39 is 0 Å². The van der Waals surface area contributed by atoms with Crippen molar-refractivity contribution >= 4 is 0 Å². The first-order valence-corrected chi connectivity index (χ1v) is 8.46. The lowest BCUT2D eigenvalue weighted by atomic mass is 9.74. The minimum Gasteiger partial charge on any atom is -0.316 e. The van der Waals surface area contributed by atoms with Crippen molar-refractivity contribution in [3.8, 4) is 0 Å². The Hall–Kier alpha value is -0.0400. The molecule has 0 radical (unpaired) electrons. The van der Waals surface area contributed by atoms with Crippen LogP contribution < -0.4 is 5.32 Å². The van der Waals surface area contributed by atoms with Gasteiger partial charge in [-0.3, -0.25) is 0 Å². The summed E-state index contributed by atoms with van der Waals surface area (Å²) in [5.41, 5.74) is 0. The Balaban J connectivity index is 1.73. The molecule has 2 saturated carbocycles. The predicted molar refractivity (Wildman–Crippen MR) is 79.7 cm³/mol. The lowest BCUT2D eigenvalue weighted by molar-refractivity contribution is 0.191. The van der Waals surface area contributed by atoms with Crippen molar-refractivity contribution in [1.29, 1.82) is 0 Å². The van der Waals surface area contributed by atoms with Gasteiger partial charge in [-0.1, -0.05) is 58.8 Å². The molecule has 2 fully saturated rings. The van der Waals surface area contributed by atoms with Crippen molar-refractivity contribution in [2.75, 3.05) is 13.1 Å². The second-order valence-corrected chi connectivity index (χ2v) is 7.24. The van der Waals surface area contributed by atoms with Crippen LogP contribution in [-0.2, 0) is 0 Å². The predicted octanol–water partition coefficient (Wildman–Crippen LogP) is 4.62. The van der Waals surface area contributed by atoms with E-state index in [-0.39, 0.29) is 0 Å². The third-order valence-electron chi connectivity index (χ3n) is 5.14. The summed E-state index contributed by atoms with van der Waals surface area (Å²) < 4.78 is 0. The van der Waals surface area contributed by atoms with Gasteiger partial charge >= 0.3 is 0 Å². The van der Waals surface area contributed by atoms with Gasteiger partial charge in [0.05, 0.1) is 0 Å². The van der Waals surface area contributed by atoms with Crippen molar-refractivity contribution in [3.63, 3.8) is 0 Å². The van der Waals surface area contributed by atoms with Crippen molar-refractivity contribution in [1.82, 2.24) is 5.32 Å². The van der Waals surface area contributed by atoms with E-state index in [4.69, 9.17) is 0 Å². The molecule has 0 bridgehead atoms. The Morgan fingerprint density at radius 1 is 0.889 bits per heavy atom. The number of nitrogens with one attached hydrogen (secondary N) is 1. The van der Waals surface area contributed by atoms with Crippen LogP contribution in [-0.4, -0.2) is 13.1 Å². The molecule has 0 aromatic carbocycles. The van der Waals surface area contributed by atoms with Gasteiger partial charge in [0.2, 0.25) is 0 Å².